The standard InChI is InChI=1S/C21H18F3N5O3/c1-20(30,21(22,23)24)13-8-16-17(25-9-13)29(11-27-16)14-6-4-5-12(7-14)15-10-26-19(32-3)28-18(15)31-2/h4-11,30H,1-3H3. The Kier molecular flexibility index (Phi) is 5.21. The summed E-state index contributed by atoms with van der Waals surface area (Å²) in [5, 5.41) is 9.92. The molecule has 32 heavy (non-hydrogen) atoms. The third-order valence-electron chi connectivity index (χ3n) is 5.04. The minimum absolute atomic E-state index is 0.164. The van der Waals surface area contributed by atoms with E-state index < -0.39 is 17.3 Å². The third-order valence-corrected chi connectivity index (χ3v) is 5.04. The Balaban J connectivity index is 1.77. The molecule has 3 aromatic heterocycles. The maximum absolute atomic E-state index is 13.2. The highest BCUT2D eigenvalue weighted by molar-refractivity contribution is 5.76. The van der Waals surface area contributed by atoms with E-state index in [4.69, 9.17) is 9.47 Å². The number of hydrogen-bond donors (Lipinski definition) is 1. The van der Waals surface area contributed by atoms with Crippen molar-refractivity contribution < 1.29 is 27.8 Å². The second-order valence-electron chi connectivity index (χ2n) is 7.08. The van der Waals surface area contributed by atoms with Crippen LogP contribution in [0, 0.1) is 0 Å². The molecule has 0 saturated carbocycles. The highest BCUT2D eigenvalue weighted by Crippen LogP contribution is 2.39. The van der Waals surface area contributed by atoms with E-state index in [0.717, 1.165) is 11.8 Å². The predicted molar refractivity (Wildman–Crippen MR) is 109 cm³/mol. The normalized spacial score (nSPS) is 13.7. The Morgan fingerprint density at radius 2 is 1.78 bits per heavy atom. The molecule has 3 heterocycles. The molecular formula is C21H18F3N5O3. The summed E-state index contributed by atoms with van der Waals surface area (Å²) in [5.74, 6) is 0.321. The van der Waals surface area contributed by atoms with Crippen molar-refractivity contribution in [3.05, 3.63) is 54.6 Å². The first-order valence-corrected chi connectivity index (χ1v) is 9.34. The SMILES string of the molecule is COc1ncc(-c2cccc(-n3cnc4cc(C(C)(O)C(F)(F)F)cnc43)c2)c(OC)n1. The van der Waals surface area contributed by atoms with Gasteiger partial charge in [0.1, 0.15) is 11.8 Å². The lowest BCUT2D eigenvalue weighted by Gasteiger charge is -2.26. The second-order valence-corrected chi connectivity index (χ2v) is 7.08. The van der Waals surface area contributed by atoms with E-state index in [2.05, 4.69) is 19.9 Å². The average molecular weight is 445 g/mol. The van der Waals surface area contributed by atoms with Gasteiger partial charge in [0.2, 0.25) is 5.88 Å². The predicted octanol–water partition coefficient (Wildman–Crippen LogP) is 3.66. The fraction of sp³-hybridized carbons (Fsp3) is 0.238. The molecule has 0 radical (unpaired) electrons. The van der Waals surface area contributed by atoms with Gasteiger partial charge in [-0.1, -0.05) is 12.1 Å². The van der Waals surface area contributed by atoms with E-state index in [1.807, 2.05) is 12.1 Å². The van der Waals surface area contributed by atoms with E-state index in [9.17, 15) is 18.3 Å². The van der Waals surface area contributed by atoms with Crippen LogP contribution in [0.1, 0.15) is 12.5 Å². The molecule has 4 rings (SSSR count). The van der Waals surface area contributed by atoms with Crippen LogP contribution in [0.25, 0.3) is 28.0 Å². The summed E-state index contributed by atoms with van der Waals surface area (Å²) in [6.45, 7) is 0.681. The van der Waals surface area contributed by atoms with Gasteiger partial charge in [0, 0.05) is 23.6 Å². The van der Waals surface area contributed by atoms with Gasteiger partial charge in [-0.15, -0.1) is 0 Å². The summed E-state index contributed by atoms with van der Waals surface area (Å²) in [6.07, 6.45) is -0.832. The van der Waals surface area contributed by atoms with Gasteiger partial charge in [-0.25, -0.2) is 15.0 Å². The van der Waals surface area contributed by atoms with Gasteiger partial charge < -0.3 is 14.6 Å². The highest BCUT2D eigenvalue weighted by atomic mass is 19.4. The summed E-state index contributed by atoms with van der Waals surface area (Å²) in [4.78, 5) is 16.6. The van der Waals surface area contributed by atoms with Crippen LogP contribution < -0.4 is 9.47 Å². The van der Waals surface area contributed by atoms with Gasteiger partial charge in [-0.3, -0.25) is 4.57 Å². The van der Waals surface area contributed by atoms with Crippen molar-refractivity contribution in [2.45, 2.75) is 18.7 Å². The third kappa shape index (κ3) is 3.60. The van der Waals surface area contributed by atoms with Crippen molar-refractivity contribution in [2.24, 2.45) is 0 Å². The number of halogens is 3. The number of fused-ring (bicyclic) bond motifs is 1. The first kappa shape index (κ1) is 21.5. The summed E-state index contributed by atoms with van der Waals surface area (Å²) in [5.41, 5.74) is -0.869. The van der Waals surface area contributed by atoms with Crippen molar-refractivity contribution in [3.63, 3.8) is 0 Å². The van der Waals surface area contributed by atoms with Crippen LogP contribution in [0.5, 0.6) is 11.9 Å². The van der Waals surface area contributed by atoms with Crippen LogP contribution in [-0.4, -0.2) is 50.0 Å². The molecule has 11 heteroatoms. The van der Waals surface area contributed by atoms with E-state index in [1.165, 1.54) is 26.6 Å². The molecule has 0 aliphatic rings. The number of rotatable bonds is 5. The van der Waals surface area contributed by atoms with E-state index >= 15 is 0 Å². The molecule has 166 valence electrons. The lowest BCUT2D eigenvalue weighted by Crippen LogP contribution is -2.39. The van der Waals surface area contributed by atoms with E-state index in [-0.39, 0.29) is 11.5 Å². The zero-order valence-electron chi connectivity index (χ0n) is 17.3. The molecule has 1 unspecified atom stereocenters. The molecule has 0 aliphatic carbocycles. The highest BCUT2D eigenvalue weighted by Gasteiger charge is 2.51. The Bertz CT molecular complexity index is 1290. The second kappa shape index (κ2) is 7.75. The van der Waals surface area contributed by atoms with Crippen LogP contribution in [0.15, 0.2) is 49.1 Å². The van der Waals surface area contributed by atoms with Crippen molar-refractivity contribution >= 4 is 11.2 Å². The number of aliphatic hydroxyl groups is 1. The Morgan fingerprint density at radius 3 is 2.47 bits per heavy atom. The average Bonchev–Trinajstić information content (AvgIpc) is 3.21. The topological polar surface area (TPSA) is 95.2 Å². The van der Waals surface area contributed by atoms with Gasteiger partial charge in [-0.2, -0.15) is 18.2 Å². The van der Waals surface area contributed by atoms with Crippen LogP contribution in [0.3, 0.4) is 0 Å². The van der Waals surface area contributed by atoms with Crippen LogP contribution in [0.4, 0.5) is 13.2 Å². The number of benzene rings is 1. The summed E-state index contributed by atoms with van der Waals surface area (Å²) < 4.78 is 51.5. The molecule has 0 spiro atoms. The summed E-state index contributed by atoms with van der Waals surface area (Å²) in [6, 6.07) is 8.58. The minimum Gasteiger partial charge on any atom is -0.480 e. The minimum atomic E-state index is -4.85. The first-order valence-electron chi connectivity index (χ1n) is 9.34. The molecule has 0 aliphatic heterocycles. The Labute approximate surface area is 180 Å². The van der Waals surface area contributed by atoms with Gasteiger partial charge in [0.15, 0.2) is 11.2 Å². The van der Waals surface area contributed by atoms with E-state index in [1.54, 1.807) is 22.9 Å². The number of imidazole rings is 1. The maximum Gasteiger partial charge on any atom is 0.421 e. The number of aromatic nitrogens is 5. The molecule has 8 nitrogen and oxygen atoms in total. The number of hydrogen-bond acceptors (Lipinski definition) is 7. The number of ether oxygens (including phenoxy) is 2. The lowest BCUT2D eigenvalue weighted by atomic mass is 9.97. The quantitative estimate of drug-likeness (QED) is 0.501. The molecule has 0 bridgehead atoms. The van der Waals surface area contributed by atoms with Crippen molar-refractivity contribution in [1.29, 1.82) is 0 Å². The molecule has 0 fully saturated rings. The molecule has 1 N–H and O–H groups in total. The van der Waals surface area contributed by atoms with Crippen LogP contribution in [-0.2, 0) is 5.60 Å². The van der Waals surface area contributed by atoms with Crippen LogP contribution >= 0.6 is 0 Å². The summed E-state index contributed by atoms with van der Waals surface area (Å²) in [7, 11) is 2.93. The number of nitrogens with zero attached hydrogens (tertiary/aromatic N) is 5. The Morgan fingerprint density at radius 1 is 1.00 bits per heavy atom. The van der Waals surface area contributed by atoms with Gasteiger partial charge in [0.25, 0.3) is 0 Å². The smallest absolute Gasteiger partial charge is 0.421 e. The van der Waals surface area contributed by atoms with Gasteiger partial charge >= 0.3 is 12.2 Å². The molecule has 1 atom stereocenters. The molecule has 0 saturated heterocycles. The zero-order valence-corrected chi connectivity index (χ0v) is 17.3. The largest absolute Gasteiger partial charge is 0.480 e. The lowest BCUT2D eigenvalue weighted by molar-refractivity contribution is -0.258. The number of methoxy groups -OCH3 is 2. The van der Waals surface area contributed by atoms with Gasteiger partial charge in [-0.05, 0) is 30.7 Å². The first-order chi connectivity index (χ1) is 15.2. The maximum atomic E-state index is 13.2. The molecule has 1 aromatic carbocycles. The fourth-order valence-corrected chi connectivity index (χ4v) is 3.15. The van der Waals surface area contributed by atoms with Crippen molar-refractivity contribution in [2.75, 3.05) is 14.2 Å². The monoisotopic (exact) mass is 445 g/mol. The molecular weight excluding hydrogens is 427 g/mol. The van der Waals surface area contributed by atoms with Crippen molar-refractivity contribution in [1.82, 2.24) is 24.5 Å². The summed E-state index contributed by atoms with van der Waals surface area (Å²) >= 11 is 0. The zero-order chi connectivity index (χ0) is 23.1. The van der Waals surface area contributed by atoms with Crippen molar-refractivity contribution in [3.8, 4) is 28.7 Å². The van der Waals surface area contributed by atoms with Gasteiger partial charge in [0.05, 0.1) is 19.8 Å². The Hall–Kier alpha value is -3.73. The molecule has 4 aromatic rings. The molecule has 0 amide bonds. The van der Waals surface area contributed by atoms with E-state index in [0.29, 0.717) is 29.7 Å². The fourth-order valence-electron chi connectivity index (χ4n) is 3.15. The number of alkyl halides is 3. The van der Waals surface area contributed by atoms with Crippen LogP contribution in [0.2, 0.25) is 0 Å². The number of pyridine rings is 1.